The Morgan fingerprint density at radius 2 is 0.929 bits per heavy atom. The molecule has 0 aliphatic carbocycles. The highest BCUT2D eigenvalue weighted by molar-refractivity contribution is 4.57. The molecule has 0 aromatic heterocycles. The summed E-state index contributed by atoms with van der Waals surface area (Å²) in [7, 11) is 0. The molecule has 0 aliphatic heterocycles. The summed E-state index contributed by atoms with van der Waals surface area (Å²) in [4.78, 5) is 2.64. The van der Waals surface area contributed by atoms with Crippen LogP contribution < -0.4 is 12.4 Å². The largest absolute Gasteiger partial charge is 1.00 e. The van der Waals surface area contributed by atoms with Crippen LogP contribution in [0.1, 0.15) is 59.3 Å². The zero-order chi connectivity index (χ0) is 9.94. The van der Waals surface area contributed by atoms with Crippen molar-refractivity contribution in [1.29, 1.82) is 0 Å². The molecule has 0 saturated heterocycles. The molecule has 2 heteroatoms. The van der Waals surface area contributed by atoms with E-state index in [1.807, 2.05) is 0 Å². The molecule has 0 aromatic carbocycles. The first-order valence-corrected chi connectivity index (χ1v) is 6.07. The fourth-order valence-corrected chi connectivity index (χ4v) is 1.48. The minimum absolute atomic E-state index is 0. The summed E-state index contributed by atoms with van der Waals surface area (Å²) in [6.45, 7) is 10.8. The van der Waals surface area contributed by atoms with Gasteiger partial charge in [0.25, 0.3) is 0 Å². The summed E-state index contributed by atoms with van der Waals surface area (Å²) < 4.78 is 0. The minimum Gasteiger partial charge on any atom is -1.00 e. The molecule has 0 radical (unpaired) electrons. The van der Waals surface area contributed by atoms with Crippen LogP contribution in [0.4, 0.5) is 0 Å². The van der Waals surface area contributed by atoms with Crippen molar-refractivity contribution in [1.82, 2.24) is 4.90 Å². The van der Waals surface area contributed by atoms with Gasteiger partial charge in [0.05, 0.1) is 0 Å². The average Bonchev–Trinajstić information content (AvgIpc) is 2.17. The maximum atomic E-state index is 2.64. The van der Waals surface area contributed by atoms with E-state index < -0.39 is 0 Å². The third-order valence-electron chi connectivity index (χ3n) is 2.48. The monoisotopic (exact) mass is 220 g/mol. The Labute approximate surface area is 96.7 Å². The van der Waals surface area contributed by atoms with Crippen molar-refractivity contribution in [3.63, 3.8) is 0 Å². The summed E-state index contributed by atoms with van der Waals surface area (Å²) >= 11 is 0. The van der Waals surface area contributed by atoms with Crippen LogP contribution in [0, 0.1) is 0 Å². The lowest BCUT2D eigenvalue weighted by atomic mass is 10.2. The summed E-state index contributed by atoms with van der Waals surface area (Å²) in [6.07, 6.45) is 8.09. The number of nitrogens with zero attached hydrogens (tertiary/aromatic N) is 1. The predicted octanol–water partition coefficient (Wildman–Crippen LogP) is 0.693. The average molecular weight is 221 g/mol. The second-order valence-corrected chi connectivity index (χ2v) is 3.90. The lowest BCUT2D eigenvalue weighted by molar-refractivity contribution is -0.00000306. The zero-order valence-corrected chi connectivity index (χ0v) is 10.9. The van der Waals surface area contributed by atoms with Gasteiger partial charge in [0.15, 0.2) is 0 Å². The molecule has 0 atom stereocenters. The van der Waals surface area contributed by atoms with Crippen LogP contribution in [-0.4, -0.2) is 24.5 Å². The summed E-state index contributed by atoms with van der Waals surface area (Å²) in [5.74, 6) is 0. The standard InChI is InChI=1S/C12H27N.ClH/c1-4-7-10-13(11-8-5-2)12-9-6-3;/h4-12H2,1-3H3;1H/p-1. The van der Waals surface area contributed by atoms with Gasteiger partial charge in [-0.25, -0.2) is 0 Å². The van der Waals surface area contributed by atoms with Crippen molar-refractivity contribution in [2.75, 3.05) is 19.6 Å². The molecule has 88 valence electrons. The van der Waals surface area contributed by atoms with Crippen LogP contribution in [0.25, 0.3) is 0 Å². The maximum absolute atomic E-state index is 2.64. The van der Waals surface area contributed by atoms with Gasteiger partial charge in [-0.05, 0) is 38.9 Å². The molecule has 0 aromatic rings. The molecule has 0 heterocycles. The number of hydrogen-bond donors (Lipinski definition) is 0. The second-order valence-electron chi connectivity index (χ2n) is 3.90. The number of halogens is 1. The second kappa shape index (κ2) is 13.2. The molecule has 0 fully saturated rings. The highest BCUT2D eigenvalue weighted by Gasteiger charge is 2.01. The normalized spacial score (nSPS) is 10.3. The van der Waals surface area contributed by atoms with Gasteiger partial charge in [-0.3, -0.25) is 0 Å². The molecular formula is C12H27ClN-. The van der Waals surface area contributed by atoms with Crippen molar-refractivity contribution < 1.29 is 12.4 Å². The van der Waals surface area contributed by atoms with Crippen molar-refractivity contribution in [3.05, 3.63) is 0 Å². The molecule has 0 rings (SSSR count). The van der Waals surface area contributed by atoms with E-state index in [1.165, 1.54) is 58.2 Å². The smallest absolute Gasteiger partial charge is 0.00188 e. The van der Waals surface area contributed by atoms with Gasteiger partial charge >= 0.3 is 0 Å². The first-order chi connectivity index (χ1) is 6.35. The fraction of sp³-hybridized carbons (Fsp3) is 1.00. The van der Waals surface area contributed by atoms with E-state index >= 15 is 0 Å². The highest BCUT2D eigenvalue weighted by Crippen LogP contribution is 2.01. The van der Waals surface area contributed by atoms with Gasteiger partial charge < -0.3 is 17.3 Å². The van der Waals surface area contributed by atoms with E-state index in [-0.39, 0.29) is 12.4 Å². The molecule has 0 N–H and O–H groups in total. The van der Waals surface area contributed by atoms with Gasteiger partial charge in [0.1, 0.15) is 0 Å². The van der Waals surface area contributed by atoms with Crippen molar-refractivity contribution in [2.24, 2.45) is 0 Å². The first-order valence-electron chi connectivity index (χ1n) is 6.07. The summed E-state index contributed by atoms with van der Waals surface area (Å²) in [5.41, 5.74) is 0. The number of unbranched alkanes of at least 4 members (excludes halogenated alkanes) is 3. The minimum atomic E-state index is 0. The Bertz CT molecular complexity index is 77.3. The zero-order valence-electron chi connectivity index (χ0n) is 10.2. The molecule has 1 nitrogen and oxygen atoms in total. The Hall–Kier alpha value is 0.250. The summed E-state index contributed by atoms with van der Waals surface area (Å²) in [6, 6.07) is 0. The molecule has 0 unspecified atom stereocenters. The van der Waals surface area contributed by atoms with Crippen molar-refractivity contribution >= 4 is 0 Å². The van der Waals surface area contributed by atoms with Gasteiger partial charge in [0, 0.05) is 0 Å². The van der Waals surface area contributed by atoms with E-state index in [2.05, 4.69) is 25.7 Å². The topological polar surface area (TPSA) is 3.24 Å². The molecule has 0 spiro atoms. The third kappa shape index (κ3) is 10.3. The Morgan fingerprint density at radius 1 is 0.643 bits per heavy atom. The van der Waals surface area contributed by atoms with Crippen molar-refractivity contribution in [3.8, 4) is 0 Å². The van der Waals surface area contributed by atoms with Crippen LogP contribution in [-0.2, 0) is 0 Å². The lowest BCUT2D eigenvalue weighted by Crippen LogP contribution is -3.00. The van der Waals surface area contributed by atoms with E-state index in [4.69, 9.17) is 0 Å². The number of hydrogen-bond acceptors (Lipinski definition) is 1. The number of rotatable bonds is 9. The van der Waals surface area contributed by atoms with Gasteiger partial charge in [-0.1, -0.05) is 40.0 Å². The lowest BCUT2D eigenvalue weighted by Gasteiger charge is -2.21. The van der Waals surface area contributed by atoms with E-state index in [9.17, 15) is 0 Å². The van der Waals surface area contributed by atoms with E-state index in [0.717, 1.165) is 0 Å². The molecule has 0 saturated carbocycles. The van der Waals surface area contributed by atoms with Gasteiger partial charge in [-0.2, -0.15) is 0 Å². The molecule has 14 heavy (non-hydrogen) atoms. The third-order valence-corrected chi connectivity index (χ3v) is 2.48. The molecule has 0 aliphatic rings. The van der Waals surface area contributed by atoms with Crippen LogP contribution in [0.3, 0.4) is 0 Å². The molecule has 0 amide bonds. The quantitative estimate of drug-likeness (QED) is 0.553. The SMILES string of the molecule is CCCCN(CCCC)CCCC.[Cl-]. The van der Waals surface area contributed by atoms with E-state index in [0.29, 0.717) is 0 Å². The van der Waals surface area contributed by atoms with Gasteiger partial charge in [0.2, 0.25) is 0 Å². The Morgan fingerprint density at radius 3 is 1.14 bits per heavy atom. The van der Waals surface area contributed by atoms with Crippen molar-refractivity contribution in [2.45, 2.75) is 59.3 Å². The van der Waals surface area contributed by atoms with Crippen LogP contribution in [0.15, 0.2) is 0 Å². The molecule has 0 bridgehead atoms. The maximum Gasteiger partial charge on any atom is -0.00188 e. The van der Waals surface area contributed by atoms with Crippen LogP contribution in [0.2, 0.25) is 0 Å². The predicted molar refractivity (Wildman–Crippen MR) is 61.2 cm³/mol. The van der Waals surface area contributed by atoms with Crippen LogP contribution in [0.5, 0.6) is 0 Å². The summed E-state index contributed by atoms with van der Waals surface area (Å²) in [5, 5.41) is 0. The molecular weight excluding hydrogens is 194 g/mol. The fourth-order valence-electron chi connectivity index (χ4n) is 1.48. The van der Waals surface area contributed by atoms with E-state index in [1.54, 1.807) is 0 Å². The highest BCUT2D eigenvalue weighted by atomic mass is 35.5. The van der Waals surface area contributed by atoms with Gasteiger partial charge in [-0.15, -0.1) is 0 Å². The first kappa shape index (κ1) is 16.7. The van der Waals surface area contributed by atoms with Crippen LogP contribution >= 0.6 is 0 Å². The Balaban J connectivity index is 0. The Kier molecular flexibility index (Phi) is 15.8.